The zero-order valence-electron chi connectivity index (χ0n) is 31.9. The number of rotatable bonds is 6. The summed E-state index contributed by atoms with van der Waals surface area (Å²) in [6, 6.07) is 77.2. The molecule has 2 aliphatic carbocycles. The highest BCUT2D eigenvalue weighted by atomic mass is 35.5. The molecule has 278 valence electrons. The minimum absolute atomic E-state index is 0.384. The van der Waals surface area contributed by atoms with Gasteiger partial charge in [0.1, 0.15) is 0 Å². The first-order valence-electron chi connectivity index (χ1n) is 20.0. The van der Waals surface area contributed by atoms with E-state index in [1.54, 1.807) is 11.3 Å². The molecule has 1 spiro atoms. The lowest BCUT2D eigenvalue weighted by Gasteiger charge is -2.31. The molecule has 1 aromatic heterocycles. The average Bonchev–Trinajstić information content (AvgIpc) is 3.91. The van der Waals surface area contributed by atoms with Crippen LogP contribution in [0.2, 0.25) is 5.02 Å². The van der Waals surface area contributed by atoms with Gasteiger partial charge in [-0.3, -0.25) is 0 Å². The van der Waals surface area contributed by atoms with E-state index in [0.717, 1.165) is 38.8 Å². The van der Waals surface area contributed by atoms with Gasteiger partial charge in [-0.1, -0.05) is 145 Å². The quantitative estimate of drug-likeness (QED) is 0.166. The molecule has 9 aromatic carbocycles. The molecule has 2 aliphatic rings. The summed E-state index contributed by atoms with van der Waals surface area (Å²) >= 11 is 8.76. The van der Waals surface area contributed by atoms with E-state index in [4.69, 9.17) is 11.6 Å². The predicted molar refractivity (Wildman–Crippen MR) is 250 cm³/mol. The van der Waals surface area contributed by atoms with E-state index in [1.807, 2.05) is 0 Å². The zero-order valence-corrected chi connectivity index (χ0v) is 33.5. The molecule has 2 nitrogen and oxygen atoms in total. The first-order valence-corrected chi connectivity index (χ1v) is 21.2. The number of hydrogen-bond acceptors (Lipinski definition) is 3. The molecule has 0 atom stereocenters. The lowest BCUT2D eigenvalue weighted by molar-refractivity contribution is 0.794. The molecule has 12 rings (SSSR count). The van der Waals surface area contributed by atoms with Gasteiger partial charge in [-0.05, 0) is 123 Å². The summed E-state index contributed by atoms with van der Waals surface area (Å²) in [6.45, 7) is 0. The third kappa shape index (κ3) is 5.05. The maximum Gasteiger partial charge on any atom is 0.0725 e. The summed E-state index contributed by atoms with van der Waals surface area (Å²) in [4.78, 5) is 4.74. The molecule has 0 N–H and O–H groups in total. The van der Waals surface area contributed by atoms with E-state index in [1.165, 1.54) is 60.0 Å². The summed E-state index contributed by atoms with van der Waals surface area (Å²) in [5.41, 5.74) is 16.7. The maximum atomic E-state index is 6.97. The van der Waals surface area contributed by atoms with Crippen molar-refractivity contribution >= 4 is 77.2 Å². The van der Waals surface area contributed by atoms with E-state index in [9.17, 15) is 0 Å². The van der Waals surface area contributed by atoms with E-state index >= 15 is 0 Å². The Hall–Kier alpha value is -6.91. The Morgan fingerprint density at radius 2 is 0.814 bits per heavy atom. The van der Waals surface area contributed by atoms with Crippen molar-refractivity contribution in [3.05, 3.63) is 240 Å². The van der Waals surface area contributed by atoms with E-state index in [0.29, 0.717) is 5.02 Å². The van der Waals surface area contributed by atoms with Gasteiger partial charge in [-0.2, -0.15) is 0 Å². The number of para-hydroxylation sites is 3. The van der Waals surface area contributed by atoms with Crippen LogP contribution in [0.15, 0.2) is 212 Å². The molecule has 0 amide bonds. The van der Waals surface area contributed by atoms with Crippen molar-refractivity contribution in [3.63, 3.8) is 0 Å². The number of fused-ring (bicyclic) bond motifs is 13. The highest BCUT2D eigenvalue weighted by Crippen LogP contribution is 2.63. The summed E-state index contributed by atoms with van der Waals surface area (Å²) in [5.74, 6) is 0. The van der Waals surface area contributed by atoms with Gasteiger partial charge < -0.3 is 9.80 Å². The third-order valence-electron chi connectivity index (χ3n) is 12.3. The number of benzene rings is 9. The summed E-state index contributed by atoms with van der Waals surface area (Å²) in [7, 11) is 0. The fourth-order valence-electron chi connectivity index (χ4n) is 9.99. The minimum Gasteiger partial charge on any atom is -0.310 e. The molecule has 10 aromatic rings. The molecule has 0 saturated heterocycles. The maximum absolute atomic E-state index is 6.97. The molecule has 4 heteroatoms. The van der Waals surface area contributed by atoms with Gasteiger partial charge in [-0.15, -0.1) is 11.3 Å². The molecular formula is C55H35ClN2S. The van der Waals surface area contributed by atoms with Gasteiger partial charge in [0.15, 0.2) is 0 Å². The van der Waals surface area contributed by atoms with Gasteiger partial charge in [0.05, 0.1) is 11.1 Å². The van der Waals surface area contributed by atoms with Gasteiger partial charge in [-0.25, -0.2) is 0 Å². The smallest absolute Gasteiger partial charge is 0.0725 e. The molecule has 0 radical (unpaired) electrons. The standard InChI is InChI=1S/C55H35ClN2S/c56-36-32-51(58(38-18-6-2-7-19-38)39-20-8-3-9-21-39)54-46-35-41(29-31-52(46)59-53(54)33-36)57(37-16-4-1-5-17-37)40-28-30-50-45(34-40)44-24-12-15-27-49(44)55(50)47-25-13-10-22-42(47)43-23-11-14-26-48(43)55/h1-35H. The number of halogens is 1. The topological polar surface area (TPSA) is 6.48 Å². The molecular weight excluding hydrogens is 756 g/mol. The normalized spacial score (nSPS) is 13.0. The predicted octanol–water partition coefficient (Wildman–Crippen LogP) is 16.0. The number of hydrogen-bond donors (Lipinski definition) is 0. The number of anilines is 6. The van der Waals surface area contributed by atoms with Crippen LogP contribution < -0.4 is 9.80 Å². The average molecular weight is 791 g/mol. The molecule has 59 heavy (non-hydrogen) atoms. The van der Waals surface area contributed by atoms with Crippen LogP contribution in [-0.2, 0) is 5.41 Å². The summed E-state index contributed by atoms with van der Waals surface area (Å²) < 4.78 is 2.36. The van der Waals surface area contributed by atoms with Crippen molar-refractivity contribution in [2.24, 2.45) is 0 Å². The van der Waals surface area contributed by atoms with Gasteiger partial charge in [0, 0.05) is 53.6 Å². The largest absolute Gasteiger partial charge is 0.310 e. The van der Waals surface area contributed by atoms with Gasteiger partial charge in [0.2, 0.25) is 0 Å². The van der Waals surface area contributed by atoms with Crippen molar-refractivity contribution in [1.82, 2.24) is 0 Å². The molecule has 0 fully saturated rings. The zero-order chi connectivity index (χ0) is 39.1. The monoisotopic (exact) mass is 790 g/mol. The molecule has 0 bridgehead atoms. The Balaban J connectivity index is 1.08. The van der Waals surface area contributed by atoms with Crippen LogP contribution >= 0.6 is 22.9 Å². The Kier molecular flexibility index (Phi) is 7.71. The minimum atomic E-state index is -0.384. The SMILES string of the molecule is Clc1cc(N(c2ccccc2)c2ccccc2)c2c(c1)sc1ccc(N(c3ccccc3)c3ccc4c(c3)-c3ccccc3C43c4ccccc4-c4ccccc43)cc12. The van der Waals surface area contributed by atoms with Crippen LogP contribution in [0.4, 0.5) is 34.1 Å². The van der Waals surface area contributed by atoms with Crippen molar-refractivity contribution < 1.29 is 0 Å². The molecule has 0 unspecified atom stereocenters. The Bertz CT molecular complexity index is 3160. The molecule has 1 heterocycles. The summed E-state index contributed by atoms with van der Waals surface area (Å²) in [6.07, 6.45) is 0. The second kappa shape index (κ2) is 13.3. The van der Waals surface area contributed by atoms with Gasteiger partial charge in [0.25, 0.3) is 0 Å². The third-order valence-corrected chi connectivity index (χ3v) is 13.6. The van der Waals surface area contributed by atoms with Crippen LogP contribution in [-0.4, -0.2) is 0 Å². The Morgan fingerprint density at radius 3 is 1.39 bits per heavy atom. The molecule has 0 saturated carbocycles. The van der Waals surface area contributed by atoms with Crippen LogP contribution in [0.25, 0.3) is 42.4 Å². The number of nitrogens with zero attached hydrogens (tertiary/aromatic N) is 2. The first kappa shape index (κ1) is 34.2. The molecule has 0 aliphatic heterocycles. The van der Waals surface area contributed by atoms with E-state index in [2.05, 4.69) is 222 Å². The second-order valence-electron chi connectivity index (χ2n) is 15.4. The van der Waals surface area contributed by atoms with E-state index in [-0.39, 0.29) is 5.41 Å². The van der Waals surface area contributed by atoms with Crippen LogP contribution in [0, 0.1) is 0 Å². The fourth-order valence-corrected chi connectivity index (χ4v) is 11.4. The van der Waals surface area contributed by atoms with Crippen LogP contribution in [0.3, 0.4) is 0 Å². The number of thiophene rings is 1. The summed E-state index contributed by atoms with van der Waals surface area (Å²) in [5, 5.41) is 3.09. The Labute approximate surface area is 352 Å². The van der Waals surface area contributed by atoms with Gasteiger partial charge >= 0.3 is 0 Å². The highest BCUT2D eigenvalue weighted by Gasteiger charge is 2.51. The van der Waals surface area contributed by atoms with Crippen molar-refractivity contribution in [3.8, 4) is 22.3 Å². The Morgan fingerprint density at radius 1 is 0.356 bits per heavy atom. The fraction of sp³-hybridized carbons (Fsp3) is 0.0182. The van der Waals surface area contributed by atoms with E-state index < -0.39 is 0 Å². The van der Waals surface area contributed by atoms with Crippen molar-refractivity contribution in [2.45, 2.75) is 5.41 Å². The van der Waals surface area contributed by atoms with Crippen LogP contribution in [0.5, 0.6) is 0 Å². The van der Waals surface area contributed by atoms with Crippen molar-refractivity contribution in [2.75, 3.05) is 9.80 Å². The highest BCUT2D eigenvalue weighted by molar-refractivity contribution is 7.26. The lowest BCUT2D eigenvalue weighted by Crippen LogP contribution is -2.25. The van der Waals surface area contributed by atoms with Crippen LogP contribution in [0.1, 0.15) is 22.3 Å². The second-order valence-corrected chi connectivity index (χ2v) is 16.9. The first-order chi connectivity index (χ1) is 29.2. The lowest BCUT2D eigenvalue weighted by atomic mass is 9.70. The van der Waals surface area contributed by atoms with Crippen molar-refractivity contribution in [1.29, 1.82) is 0 Å².